The van der Waals surface area contributed by atoms with Gasteiger partial charge in [0.15, 0.2) is 0 Å². The van der Waals surface area contributed by atoms with Crippen molar-refractivity contribution in [3.05, 3.63) is 59.7 Å². The summed E-state index contributed by atoms with van der Waals surface area (Å²) in [7, 11) is 1.63. The molecular formula is C24H30N2O4. The number of carbonyl (C=O) groups is 2. The molecule has 160 valence electrons. The van der Waals surface area contributed by atoms with Gasteiger partial charge >= 0.3 is 0 Å². The highest BCUT2D eigenvalue weighted by molar-refractivity contribution is 5.80. The molecule has 0 aliphatic carbocycles. The number of rotatable bonds is 7. The number of ether oxygens (including phenoxy) is 2. The number of nitrogens with zero attached hydrogens (tertiary/aromatic N) is 2. The van der Waals surface area contributed by atoms with Gasteiger partial charge in [0, 0.05) is 26.2 Å². The van der Waals surface area contributed by atoms with Gasteiger partial charge in [-0.05, 0) is 48.7 Å². The van der Waals surface area contributed by atoms with Crippen molar-refractivity contribution in [2.24, 2.45) is 0 Å². The minimum absolute atomic E-state index is 0.0981. The van der Waals surface area contributed by atoms with Crippen LogP contribution in [0.2, 0.25) is 0 Å². The Morgan fingerprint density at radius 1 is 0.767 bits per heavy atom. The number of hydrogen-bond acceptors (Lipinski definition) is 4. The van der Waals surface area contributed by atoms with E-state index in [0.717, 1.165) is 29.0 Å². The molecule has 1 aliphatic rings. The van der Waals surface area contributed by atoms with E-state index in [1.807, 2.05) is 65.3 Å². The van der Waals surface area contributed by atoms with Crippen molar-refractivity contribution in [3.8, 4) is 11.5 Å². The van der Waals surface area contributed by atoms with Crippen molar-refractivity contribution in [2.75, 3.05) is 39.9 Å². The molecule has 0 spiro atoms. The summed E-state index contributed by atoms with van der Waals surface area (Å²) in [5.74, 6) is 1.79. The first-order valence-corrected chi connectivity index (χ1v) is 10.5. The van der Waals surface area contributed by atoms with E-state index >= 15 is 0 Å². The highest BCUT2D eigenvalue weighted by Crippen LogP contribution is 2.15. The molecule has 0 bridgehead atoms. The number of methoxy groups -OCH3 is 1. The Morgan fingerprint density at radius 2 is 1.23 bits per heavy atom. The summed E-state index contributed by atoms with van der Waals surface area (Å²) in [6, 6.07) is 15.2. The van der Waals surface area contributed by atoms with Gasteiger partial charge in [0.2, 0.25) is 11.8 Å². The van der Waals surface area contributed by atoms with Crippen molar-refractivity contribution >= 4 is 11.8 Å². The zero-order valence-electron chi connectivity index (χ0n) is 17.8. The molecule has 2 aromatic rings. The molecule has 3 rings (SSSR count). The molecule has 30 heavy (non-hydrogen) atoms. The van der Waals surface area contributed by atoms with Crippen LogP contribution in [0.1, 0.15) is 24.5 Å². The van der Waals surface area contributed by atoms with Crippen LogP contribution in [0, 0.1) is 0 Å². The van der Waals surface area contributed by atoms with Crippen molar-refractivity contribution in [1.29, 1.82) is 0 Å². The molecule has 0 saturated carbocycles. The van der Waals surface area contributed by atoms with E-state index in [0.29, 0.717) is 45.6 Å². The van der Waals surface area contributed by atoms with Gasteiger partial charge in [-0.25, -0.2) is 0 Å². The fourth-order valence-electron chi connectivity index (χ4n) is 3.60. The first-order valence-electron chi connectivity index (χ1n) is 10.5. The third-order valence-corrected chi connectivity index (χ3v) is 5.31. The van der Waals surface area contributed by atoms with Gasteiger partial charge in [-0.3, -0.25) is 9.59 Å². The molecule has 2 aromatic carbocycles. The molecule has 0 aromatic heterocycles. The summed E-state index contributed by atoms with van der Waals surface area (Å²) in [6.07, 6.45) is 1.53. The minimum Gasteiger partial charge on any atom is -0.497 e. The largest absolute Gasteiger partial charge is 0.497 e. The normalized spacial score (nSPS) is 14.2. The van der Waals surface area contributed by atoms with Crippen LogP contribution in [0.3, 0.4) is 0 Å². The standard InChI is InChI=1S/C24H30N2O4/c1-3-30-22-11-7-20(8-12-22)18-24(28)26-14-4-13-25(15-16-26)23(27)17-19-5-9-21(29-2)10-6-19/h5-12H,3-4,13-18H2,1-2H3. The summed E-state index contributed by atoms with van der Waals surface area (Å²) >= 11 is 0. The van der Waals surface area contributed by atoms with E-state index < -0.39 is 0 Å². The Balaban J connectivity index is 1.50. The Hall–Kier alpha value is -3.02. The first kappa shape index (κ1) is 21.7. The topological polar surface area (TPSA) is 59.1 Å². The summed E-state index contributed by atoms with van der Waals surface area (Å²) in [5.41, 5.74) is 1.94. The number of benzene rings is 2. The lowest BCUT2D eigenvalue weighted by atomic mass is 10.1. The highest BCUT2D eigenvalue weighted by atomic mass is 16.5. The second kappa shape index (κ2) is 10.7. The summed E-state index contributed by atoms with van der Waals surface area (Å²) in [6.45, 7) is 5.08. The smallest absolute Gasteiger partial charge is 0.227 e. The Morgan fingerprint density at radius 3 is 1.67 bits per heavy atom. The lowest BCUT2D eigenvalue weighted by molar-refractivity contribution is -0.132. The van der Waals surface area contributed by atoms with Crippen LogP contribution in [-0.4, -0.2) is 61.5 Å². The quantitative estimate of drug-likeness (QED) is 0.704. The Labute approximate surface area is 178 Å². The van der Waals surface area contributed by atoms with Gasteiger partial charge in [0.05, 0.1) is 26.6 Å². The van der Waals surface area contributed by atoms with Crippen LogP contribution < -0.4 is 9.47 Å². The maximum atomic E-state index is 12.7. The molecule has 6 nitrogen and oxygen atoms in total. The Kier molecular flexibility index (Phi) is 7.71. The molecule has 0 atom stereocenters. The second-order valence-corrected chi connectivity index (χ2v) is 7.39. The summed E-state index contributed by atoms with van der Waals surface area (Å²) in [5, 5.41) is 0. The molecule has 1 aliphatic heterocycles. The fraction of sp³-hybridized carbons (Fsp3) is 0.417. The van der Waals surface area contributed by atoms with E-state index in [2.05, 4.69) is 0 Å². The van der Waals surface area contributed by atoms with Crippen molar-refractivity contribution < 1.29 is 19.1 Å². The van der Waals surface area contributed by atoms with Crippen molar-refractivity contribution in [1.82, 2.24) is 9.80 Å². The third kappa shape index (κ3) is 5.99. The molecular weight excluding hydrogens is 380 g/mol. The molecule has 2 amide bonds. The van der Waals surface area contributed by atoms with Gasteiger partial charge in [0.25, 0.3) is 0 Å². The van der Waals surface area contributed by atoms with Crippen LogP contribution in [0.25, 0.3) is 0 Å². The lowest BCUT2D eigenvalue weighted by Gasteiger charge is -2.22. The maximum absolute atomic E-state index is 12.7. The predicted molar refractivity (Wildman–Crippen MR) is 116 cm³/mol. The van der Waals surface area contributed by atoms with Crippen LogP contribution in [-0.2, 0) is 22.4 Å². The molecule has 0 radical (unpaired) electrons. The van der Waals surface area contributed by atoms with Crippen LogP contribution in [0.15, 0.2) is 48.5 Å². The maximum Gasteiger partial charge on any atom is 0.227 e. The average molecular weight is 411 g/mol. The van der Waals surface area contributed by atoms with Crippen molar-refractivity contribution in [2.45, 2.75) is 26.2 Å². The van der Waals surface area contributed by atoms with E-state index in [1.54, 1.807) is 7.11 Å². The number of amides is 2. The summed E-state index contributed by atoms with van der Waals surface area (Å²) < 4.78 is 10.6. The number of carbonyl (C=O) groups excluding carboxylic acids is 2. The zero-order chi connectivity index (χ0) is 21.3. The summed E-state index contributed by atoms with van der Waals surface area (Å²) in [4.78, 5) is 29.2. The van der Waals surface area contributed by atoms with Crippen LogP contribution >= 0.6 is 0 Å². The van der Waals surface area contributed by atoms with Crippen LogP contribution in [0.4, 0.5) is 0 Å². The SMILES string of the molecule is CCOc1ccc(CC(=O)N2CCCN(C(=O)Cc3ccc(OC)cc3)CC2)cc1. The van der Waals surface area contributed by atoms with Gasteiger partial charge in [-0.1, -0.05) is 24.3 Å². The van der Waals surface area contributed by atoms with Gasteiger partial charge in [-0.15, -0.1) is 0 Å². The second-order valence-electron chi connectivity index (χ2n) is 7.39. The van der Waals surface area contributed by atoms with Gasteiger partial charge in [0.1, 0.15) is 11.5 Å². The fourth-order valence-corrected chi connectivity index (χ4v) is 3.60. The van der Waals surface area contributed by atoms with Gasteiger partial charge < -0.3 is 19.3 Å². The Bertz CT molecular complexity index is 833. The van der Waals surface area contributed by atoms with E-state index in [-0.39, 0.29) is 11.8 Å². The van der Waals surface area contributed by atoms with E-state index in [1.165, 1.54) is 0 Å². The first-order chi connectivity index (χ1) is 14.6. The zero-order valence-corrected chi connectivity index (χ0v) is 17.8. The highest BCUT2D eigenvalue weighted by Gasteiger charge is 2.22. The molecule has 1 saturated heterocycles. The van der Waals surface area contributed by atoms with E-state index in [9.17, 15) is 9.59 Å². The monoisotopic (exact) mass is 410 g/mol. The molecule has 1 fully saturated rings. The molecule has 6 heteroatoms. The minimum atomic E-state index is 0.0981. The third-order valence-electron chi connectivity index (χ3n) is 5.31. The van der Waals surface area contributed by atoms with E-state index in [4.69, 9.17) is 9.47 Å². The average Bonchev–Trinajstić information content (AvgIpc) is 3.02. The molecule has 0 N–H and O–H groups in total. The van der Waals surface area contributed by atoms with Crippen molar-refractivity contribution in [3.63, 3.8) is 0 Å². The molecule has 1 heterocycles. The molecule has 0 unspecified atom stereocenters. The van der Waals surface area contributed by atoms with Crippen LogP contribution in [0.5, 0.6) is 11.5 Å². The lowest BCUT2D eigenvalue weighted by Crippen LogP contribution is -2.38. The number of hydrogen-bond donors (Lipinski definition) is 0. The predicted octanol–water partition coefficient (Wildman–Crippen LogP) is 2.94. The van der Waals surface area contributed by atoms with Gasteiger partial charge in [-0.2, -0.15) is 0 Å².